The second-order valence-corrected chi connectivity index (χ2v) is 5.50. The minimum absolute atomic E-state index is 0.193. The molecule has 1 N–H and O–H groups in total. The minimum atomic E-state index is -0.193. The first-order valence-electron chi connectivity index (χ1n) is 7.85. The number of hydrogen-bond acceptors (Lipinski definition) is 5. The van der Waals surface area contributed by atoms with Crippen molar-refractivity contribution in [1.29, 1.82) is 0 Å². The zero-order valence-corrected chi connectivity index (χ0v) is 13.2. The first-order chi connectivity index (χ1) is 11.2. The van der Waals surface area contributed by atoms with Crippen LogP contribution >= 0.6 is 0 Å². The fourth-order valence-corrected chi connectivity index (χ4v) is 2.55. The highest BCUT2D eigenvalue weighted by atomic mass is 16.5. The van der Waals surface area contributed by atoms with Crippen LogP contribution in [0, 0.1) is 6.92 Å². The van der Waals surface area contributed by atoms with Crippen LogP contribution < -0.4 is 5.32 Å². The van der Waals surface area contributed by atoms with E-state index in [2.05, 4.69) is 15.2 Å². The molecule has 1 fully saturated rings. The molecule has 0 radical (unpaired) electrons. The van der Waals surface area contributed by atoms with Gasteiger partial charge in [-0.05, 0) is 19.1 Å². The van der Waals surface area contributed by atoms with Gasteiger partial charge in [-0.3, -0.25) is 9.69 Å². The fraction of sp³-hybridized carbons (Fsp3) is 0.412. The average Bonchev–Trinajstić information content (AvgIpc) is 2.98. The van der Waals surface area contributed by atoms with Crippen molar-refractivity contribution in [1.82, 2.24) is 15.2 Å². The maximum Gasteiger partial charge on any atom is 0.273 e. The van der Waals surface area contributed by atoms with Gasteiger partial charge in [-0.15, -0.1) is 0 Å². The summed E-state index contributed by atoms with van der Waals surface area (Å²) in [5.74, 6) is 0.816. The Hall–Kier alpha value is -2.18. The van der Waals surface area contributed by atoms with Crippen LogP contribution in [0.5, 0.6) is 0 Å². The van der Waals surface area contributed by atoms with Gasteiger partial charge in [0.25, 0.3) is 5.91 Å². The maximum atomic E-state index is 12.3. The van der Waals surface area contributed by atoms with Crippen molar-refractivity contribution in [3.63, 3.8) is 0 Å². The summed E-state index contributed by atoms with van der Waals surface area (Å²) in [6.45, 7) is 6.52. The lowest BCUT2D eigenvalue weighted by Crippen LogP contribution is -2.41. The van der Waals surface area contributed by atoms with E-state index in [1.54, 1.807) is 6.92 Å². The molecule has 23 heavy (non-hydrogen) atoms. The predicted molar refractivity (Wildman–Crippen MR) is 86.3 cm³/mol. The van der Waals surface area contributed by atoms with Gasteiger partial charge in [0.15, 0.2) is 5.69 Å². The molecule has 122 valence electrons. The molecule has 1 aliphatic heterocycles. The van der Waals surface area contributed by atoms with Gasteiger partial charge in [-0.1, -0.05) is 18.2 Å². The van der Waals surface area contributed by atoms with Crippen LogP contribution in [-0.2, 0) is 4.74 Å². The number of carbonyl (C=O) groups is 1. The van der Waals surface area contributed by atoms with Gasteiger partial charge in [-0.2, -0.15) is 0 Å². The zero-order valence-electron chi connectivity index (χ0n) is 13.2. The normalized spacial score (nSPS) is 15.5. The van der Waals surface area contributed by atoms with Crippen molar-refractivity contribution >= 4 is 5.91 Å². The number of aromatic nitrogens is 1. The molecular formula is C17H21N3O3. The number of benzene rings is 1. The molecule has 2 heterocycles. The van der Waals surface area contributed by atoms with E-state index in [1.807, 2.05) is 30.3 Å². The Morgan fingerprint density at radius 2 is 2.00 bits per heavy atom. The Kier molecular flexibility index (Phi) is 5.05. The number of morpholine rings is 1. The van der Waals surface area contributed by atoms with Gasteiger partial charge in [0.2, 0.25) is 5.89 Å². The minimum Gasteiger partial charge on any atom is -0.441 e. The van der Waals surface area contributed by atoms with Crippen LogP contribution in [0.1, 0.15) is 16.2 Å². The lowest BCUT2D eigenvalue weighted by Gasteiger charge is -2.26. The van der Waals surface area contributed by atoms with Crippen LogP contribution in [-0.4, -0.2) is 55.2 Å². The van der Waals surface area contributed by atoms with Crippen molar-refractivity contribution in [2.24, 2.45) is 0 Å². The van der Waals surface area contributed by atoms with Gasteiger partial charge in [0.05, 0.1) is 13.2 Å². The summed E-state index contributed by atoms with van der Waals surface area (Å²) < 4.78 is 10.9. The molecule has 1 saturated heterocycles. The lowest BCUT2D eigenvalue weighted by atomic mass is 10.2. The van der Waals surface area contributed by atoms with Gasteiger partial charge < -0.3 is 14.5 Å². The van der Waals surface area contributed by atoms with Crippen molar-refractivity contribution in [2.45, 2.75) is 6.92 Å². The summed E-state index contributed by atoms with van der Waals surface area (Å²) >= 11 is 0. The molecule has 1 aromatic carbocycles. The number of nitrogens with one attached hydrogen (secondary N) is 1. The second kappa shape index (κ2) is 7.39. The Morgan fingerprint density at radius 1 is 1.26 bits per heavy atom. The smallest absolute Gasteiger partial charge is 0.273 e. The fourth-order valence-electron chi connectivity index (χ4n) is 2.55. The topological polar surface area (TPSA) is 67.6 Å². The quantitative estimate of drug-likeness (QED) is 0.910. The van der Waals surface area contributed by atoms with Crippen LogP contribution in [0.15, 0.2) is 34.7 Å². The summed E-state index contributed by atoms with van der Waals surface area (Å²) in [7, 11) is 0. The van der Waals surface area contributed by atoms with E-state index in [0.29, 0.717) is 23.9 Å². The Balaban J connectivity index is 1.58. The van der Waals surface area contributed by atoms with Crippen molar-refractivity contribution in [2.75, 3.05) is 39.4 Å². The van der Waals surface area contributed by atoms with E-state index in [0.717, 1.165) is 38.4 Å². The molecule has 0 spiro atoms. The third kappa shape index (κ3) is 3.97. The molecule has 0 bridgehead atoms. The summed E-state index contributed by atoms with van der Waals surface area (Å²) in [5.41, 5.74) is 1.22. The number of rotatable bonds is 5. The standard InChI is InChI=1S/C17H21N3O3/c1-13-15(19-17(23-13)14-5-3-2-4-6-14)16(21)18-7-8-20-9-11-22-12-10-20/h2-6H,7-12H2,1H3,(H,18,21). The van der Waals surface area contributed by atoms with Crippen LogP contribution in [0.25, 0.3) is 11.5 Å². The van der Waals surface area contributed by atoms with E-state index >= 15 is 0 Å². The van der Waals surface area contributed by atoms with E-state index in [9.17, 15) is 4.79 Å². The molecule has 0 unspecified atom stereocenters. The molecule has 1 aliphatic rings. The van der Waals surface area contributed by atoms with Gasteiger partial charge >= 0.3 is 0 Å². The molecule has 6 heteroatoms. The summed E-state index contributed by atoms with van der Waals surface area (Å²) in [5, 5.41) is 2.91. The number of carbonyl (C=O) groups excluding carboxylic acids is 1. The summed E-state index contributed by atoms with van der Waals surface area (Å²) in [6.07, 6.45) is 0. The lowest BCUT2D eigenvalue weighted by molar-refractivity contribution is 0.0383. The highest BCUT2D eigenvalue weighted by Gasteiger charge is 2.18. The SMILES string of the molecule is Cc1oc(-c2ccccc2)nc1C(=O)NCCN1CCOCC1. The molecule has 1 amide bonds. The predicted octanol–water partition coefficient (Wildman–Crippen LogP) is 1.71. The Labute approximate surface area is 135 Å². The Morgan fingerprint density at radius 3 is 2.74 bits per heavy atom. The van der Waals surface area contributed by atoms with Gasteiger partial charge in [-0.25, -0.2) is 4.98 Å². The monoisotopic (exact) mass is 315 g/mol. The number of nitrogens with zero attached hydrogens (tertiary/aromatic N) is 2. The van der Waals surface area contributed by atoms with Crippen molar-refractivity contribution in [3.05, 3.63) is 41.8 Å². The van der Waals surface area contributed by atoms with Crippen molar-refractivity contribution in [3.8, 4) is 11.5 Å². The van der Waals surface area contributed by atoms with Gasteiger partial charge in [0, 0.05) is 31.7 Å². The number of amides is 1. The van der Waals surface area contributed by atoms with Crippen LogP contribution in [0.4, 0.5) is 0 Å². The molecule has 1 aromatic heterocycles. The summed E-state index contributed by atoms with van der Waals surface area (Å²) in [6, 6.07) is 9.57. The molecule has 6 nitrogen and oxygen atoms in total. The van der Waals surface area contributed by atoms with E-state index in [4.69, 9.17) is 9.15 Å². The number of aryl methyl sites for hydroxylation is 1. The van der Waals surface area contributed by atoms with E-state index in [-0.39, 0.29) is 5.91 Å². The maximum absolute atomic E-state index is 12.3. The van der Waals surface area contributed by atoms with E-state index in [1.165, 1.54) is 0 Å². The number of ether oxygens (including phenoxy) is 1. The molecule has 0 atom stereocenters. The third-order valence-electron chi connectivity index (χ3n) is 3.85. The molecular weight excluding hydrogens is 294 g/mol. The average molecular weight is 315 g/mol. The van der Waals surface area contributed by atoms with E-state index < -0.39 is 0 Å². The largest absolute Gasteiger partial charge is 0.441 e. The van der Waals surface area contributed by atoms with Crippen LogP contribution in [0.2, 0.25) is 0 Å². The second-order valence-electron chi connectivity index (χ2n) is 5.50. The zero-order chi connectivity index (χ0) is 16.1. The summed E-state index contributed by atoms with van der Waals surface area (Å²) in [4.78, 5) is 18.9. The molecule has 2 aromatic rings. The first kappa shape index (κ1) is 15.7. The first-order valence-corrected chi connectivity index (χ1v) is 7.85. The molecule has 0 aliphatic carbocycles. The van der Waals surface area contributed by atoms with Gasteiger partial charge in [0.1, 0.15) is 5.76 Å². The number of oxazole rings is 1. The van der Waals surface area contributed by atoms with Crippen molar-refractivity contribution < 1.29 is 13.9 Å². The highest BCUT2D eigenvalue weighted by Crippen LogP contribution is 2.21. The number of hydrogen-bond donors (Lipinski definition) is 1. The molecule has 3 rings (SSSR count). The Bertz CT molecular complexity index is 648. The van der Waals surface area contributed by atoms with Crippen LogP contribution in [0.3, 0.4) is 0 Å². The third-order valence-corrected chi connectivity index (χ3v) is 3.85. The highest BCUT2D eigenvalue weighted by molar-refractivity contribution is 5.93. The molecule has 0 saturated carbocycles.